The van der Waals surface area contributed by atoms with Gasteiger partial charge in [0, 0.05) is 0 Å². The normalized spacial score (nSPS) is 11.2. The molecule has 0 unspecified atom stereocenters. The molecule has 0 aliphatic rings. The Labute approximate surface area is 113 Å². The quantitative estimate of drug-likeness (QED) is 0.793. The Morgan fingerprint density at radius 3 is 2.68 bits per heavy atom. The Bertz CT molecular complexity index is 712. The lowest BCUT2D eigenvalue weighted by molar-refractivity contribution is 0.0697. The number of aromatic nitrogens is 2. The van der Waals surface area contributed by atoms with Crippen LogP contribution in [0, 0.1) is 0 Å². The second-order valence-electron chi connectivity index (χ2n) is 3.52. The van der Waals surface area contributed by atoms with Gasteiger partial charge in [0.1, 0.15) is 0 Å². The molecule has 0 spiro atoms. The van der Waals surface area contributed by atoms with Gasteiger partial charge in [0.15, 0.2) is 5.03 Å². The van der Waals surface area contributed by atoms with Crippen molar-refractivity contribution in [1.29, 1.82) is 0 Å². The number of hydrogen-bond donors (Lipinski definition) is 3. The summed E-state index contributed by atoms with van der Waals surface area (Å²) in [4.78, 5) is 16.8. The molecule has 2 aromatic rings. The van der Waals surface area contributed by atoms with E-state index in [0.29, 0.717) is 0 Å². The van der Waals surface area contributed by atoms with Gasteiger partial charge < -0.3 is 10.1 Å². The number of aromatic carboxylic acids is 1. The lowest BCUT2D eigenvalue weighted by Crippen LogP contribution is -2.13. The van der Waals surface area contributed by atoms with Crippen LogP contribution in [0.4, 0.5) is 5.69 Å². The van der Waals surface area contributed by atoms with Crippen molar-refractivity contribution in [3.63, 3.8) is 0 Å². The predicted octanol–water partition coefficient (Wildman–Crippen LogP) is 1.56. The maximum atomic E-state index is 11.9. The fourth-order valence-electron chi connectivity index (χ4n) is 1.35. The average Bonchev–Trinajstić information content (AvgIpc) is 2.81. The van der Waals surface area contributed by atoms with Gasteiger partial charge in [-0.1, -0.05) is 11.6 Å². The van der Waals surface area contributed by atoms with Crippen molar-refractivity contribution >= 4 is 33.3 Å². The van der Waals surface area contributed by atoms with Crippen LogP contribution in [0.3, 0.4) is 0 Å². The lowest BCUT2D eigenvalue weighted by Gasteiger charge is -2.07. The monoisotopic (exact) mass is 301 g/mol. The van der Waals surface area contributed by atoms with E-state index in [0.717, 1.165) is 6.20 Å². The van der Waals surface area contributed by atoms with Gasteiger partial charge in [-0.2, -0.15) is 8.42 Å². The molecular formula is C10H8ClN3O4S. The van der Waals surface area contributed by atoms with Crippen LogP contribution in [0.2, 0.25) is 5.02 Å². The highest BCUT2D eigenvalue weighted by Crippen LogP contribution is 2.22. The van der Waals surface area contributed by atoms with Gasteiger partial charge >= 0.3 is 5.97 Å². The molecule has 0 saturated carbocycles. The minimum absolute atomic E-state index is 0.0580. The Balaban J connectivity index is 2.30. The predicted molar refractivity (Wildman–Crippen MR) is 67.8 cm³/mol. The van der Waals surface area contributed by atoms with Crippen LogP contribution in [-0.2, 0) is 10.0 Å². The van der Waals surface area contributed by atoms with Crippen molar-refractivity contribution in [3.05, 3.63) is 41.3 Å². The maximum absolute atomic E-state index is 11.9. The van der Waals surface area contributed by atoms with Crippen molar-refractivity contribution in [3.8, 4) is 0 Å². The first-order valence-corrected chi connectivity index (χ1v) is 6.80. The van der Waals surface area contributed by atoms with Gasteiger partial charge in [-0.05, 0) is 18.2 Å². The van der Waals surface area contributed by atoms with Gasteiger partial charge in [-0.3, -0.25) is 4.72 Å². The summed E-state index contributed by atoms with van der Waals surface area (Å²) in [6.07, 6.45) is 2.38. The van der Waals surface area contributed by atoms with Crippen LogP contribution < -0.4 is 4.72 Å². The highest BCUT2D eigenvalue weighted by atomic mass is 35.5. The molecule has 0 saturated heterocycles. The van der Waals surface area contributed by atoms with Gasteiger partial charge in [-0.25, -0.2) is 9.78 Å². The van der Waals surface area contributed by atoms with Crippen LogP contribution >= 0.6 is 11.6 Å². The minimum Gasteiger partial charge on any atom is -0.478 e. The summed E-state index contributed by atoms with van der Waals surface area (Å²) in [5, 5.41) is 8.64. The largest absolute Gasteiger partial charge is 0.478 e. The lowest BCUT2D eigenvalue weighted by atomic mass is 10.2. The number of benzene rings is 1. The number of carbonyl (C=O) groups is 1. The highest BCUT2D eigenvalue weighted by molar-refractivity contribution is 7.92. The smallest absolute Gasteiger partial charge is 0.337 e. The number of nitrogens with zero attached hydrogens (tertiary/aromatic N) is 1. The fourth-order valence-corrected chi connectivity index (χ4v) is 2.57. The van der Waals surface area contributed by atoms with Gasteiger partial charge in [-0.15, -0.1) is 0 Å². The van der Waals surface area contributed by atoms with E-state index in [1.54, 1.807) is 0 Å². The first-order chi connectivity index (χ1) is 8.90. The number of rotatable bonds is 4. The van der Waals surface area contributed by atoms with E-state index in [4.69, 9.17) is 16.7 Å². The number of carboxylic acid groups (broad SMARTS) is 1. The number of hydrogen-bond acceptors (Lipinski definition) is 4. The van der Waals surface area contributed by atoms with Crippen LogP contribution in [0.1, 0.15) is 10.4 Å². The molecular weight excluding hydrogens is 294 g/mol. The zero-order chi connectivity index (χ0) is 14.0. The second-order valence-corrected chi connectivity index (χ2v) is 5.58. The summed E-state index contributed by atoms with van der Waals surface area (Å²) in [5.41, 5.74) is 0.0516. The number of sulfonamides is 1. The van der Waals surface area contributed by atoms with E-state index < -0.39 is 16.0 Å². The summed E-state index contributed by atoms with van der Waals surface area (Å²) < 4.78 is 26.0. The molecule has 3 N–H and O–H groups in total. The van der Waals surface area contributed by atoms with E-state index in [2.05, 4.69) is 14.7 Å². The number of H-pyrrole nitrogens is 1. The molecule has 0 aliphatic heterocycles. The Morgan fingerprint density at radius 1 is 1.42 bits per heavy atom. The number of anilines is 1. The molecule has 9 heteroatoms. The second kappa shape index (κ2) is 4.90. The molecule has 1 aromatic heterocycles. The third-order valence-corrected chi connectivity index (χ3v) is 3.83. The molecule has 0 aliphatic carbocycles. The van der Waals surface area contributed by atoms with Crippen LogP contribution in [0.15, 0.2) is 35.7 Å². The molecule has 100 valence electrons. The van der Waals surface area contributed by atoms with Crippen molar-refractivity contribution in [2.45, 2.75) is 5.03 Å². The van der Waals surface area contributed by atoms with Crippen molar-refractivity contribution in [2.75, 3.05) is 4.72 Å². The highest BCUT2D eigenvalue weighted by Gasteiger charge is 2.17. The molecule has 0 amide bonds. The third-order valence-electron chi connectivity index (χ3n) is 2.21. The molecule has 1 aromatic carbocycles. The summed E-state index contributed by atoms with van der Waals surface area (Å²) >= 11 is 5.74. The molecule has 0 fully saturated rings. The molecule has 0 atom stereocenters. The Kier molecular flexibility index (Phi) is 3.45. The van der Waals surface area contributed by atoms with Crippen molar-refractivity contribution in [2.24, 2.45) is 0 Å². The van der Waals surface area contributed by atoms with Crippen LogP contribution in [0.5, 0.6) is 0 Å². The molecule has 2 rings (SSSR count). The molecule has 0 bridgehead atoms. The zero-order valence-corrected chi connectivity index (χ0v) is 10.9. The van der Waals surface area contributed by atoms with Gasteiger partial charge in [0.25, 0.3) is 10.0 Å². The Hall–Kier alpha value is -2.06. The summed E-state index contributed by atoms with van der Waals surface area (Å²) in [6, 6.07) is 3.75. The molecule has 7 nitrogen and oxygen atoms in total. The first-order valence-electron chi connectivity index (χ1n) is 4.94. The summed E-state index contributed by atoms with van der Waals surface area (Å²) in [5.74, 6) is -1.19. The van der Waals surface area contributed by atoms with E-state index in [1.165, 1.54) is 24.5 Å². The molecule has 0 radical (unpaired) electrons. The number of nitrogens with one attached hydrogen (secondary N) is 2. The third kappa shape index (κ3) is 2.85. The number of halogens is 1. The maximum Gasteiger partial charge on any atom is 0.337 e. The number of carboxylic acids is 1. The summed E-state index contributed by atoms with van der Waals surface area (Å²) in [7, 11) is -3.79. The standard InChI is InChI=1S/C10H8ClN3O4S/c11-8-3-6(1-2-7(8)10(15)16)14-19(17,18)9-4-12-5-13-9/h1-5,14H,(H,12,13)(H,15,16). The fraction of sp³-hybridized carbons (Fsp3) is 0. The van der Waals surface area contributed by atoms with Crippen molar-refractivity contribution in [1.82, 2.24) is 9.97 Å². The van der Waals surface area contributed by atoms with Crippen LogP contribution in [-0.4, -0.2) is 29.5 Å². The first kappa shape index (κ1) is 13.4. The topological polar surface area (TPSA) is 112 Å². The average molecular weight is 302 g/mol. The SMILES string of the molecule is O=C(O)c1ccc(NS(=O)(=O)c2cnc[nH]2)cc1Cl. The van der Waals surface area contributed by atoms with E-state index in [-0.39, 0.29) is 21.3 Å². The number of imidazole rings is 1. The van der Waals surface area contributed by atoms with E-state index in [9.17, 15) is 13.2 Å². The van der Waals surface area contributed by atoms with E-state index in [1.807, 2.05) is 0 Å². The summed E-state index contributed by atoms with van der Waals surface area (Å²) in [6.45, 7) is 0. The van der Waals surface area contributed by atoms with Crippen LogP contribution in [0.25, 0.3) is 0 Å². The Morgan fingerprint density at radius 2 is 2.16 bits per heavy atom. The minimum atomic E-state index is -3.79. The molecule has 19 heavy (non-hydrogen) atoms. The zero-order valence-electron chi connectivity index (χ0n) is 9.29. The van der Waals surface area contributed by atoms with Gasteiger partial charge in [0.2, 0.25) is 0 Å². The van der Waals surface area contributed by atoms with E-state index >= 15 is 0 Å². The van der Waals surface area contributed by atoms with Gasteiger partial charge in [0.05, 0.1) is 28.8 Å². The number of aromatic amines is 1. The van der Waals surface area contributed by atoms with Crippen molar-refractivity contribution < 1.29 is 18.3 Å². The molecule has 1 heterocycles.